The normalized spacial score (nSPS) is 12.1. The summed E-state index contributed by atoms with van der Waals surface area (Å²) >= 11 is 0. The van der Waals surface area contributed by atoms with Gasteiger partial charge in [-0.3, -0.25) is 0 Å². The highest BCUT2D eigenvalue weighted by molar-refractivity contribution is 5.76. The molecular weight excluding hydrogens is 232 g/mol. The molecule has 0 spiro atoms. The molecule has 0 radical (unpaired) electrons. The molecule has 2 aromatic rings. The Kier molecular flexibility index (Phi) is 3.74. The van der Waals surface area contributed by atoms with Crippen molar-refractivity contribution in [3.8, 4) is 5.69 Å². The lowest BCUT2D eigenvalue weighted by Crippen LogP contribution is -2.14. The number of hydrogen-bond acceptors (Lipinski definition) is 4. The number of benzene rings is 1. The van der Waals surface area contributed by atoms with Crippen LogP contribution in [0.5, 0.6) is 0 Å². The largest absolute Gasteiger partial charge is 0.464 e. The number of ether oxygens (including phenoxy) is 1. The number of aliphatic hydroxyl groups excluding tert-OH is 1. The molecule has 1 heterocycles. The van der Waals surface area contributed by atoms with E-state index in [4.69, 9.17) is 4.74 Å². The molecule has 1 atom stereocenters. The van der Waals surface area contributed by atoms with E-state index in [1.807, 2.05) is 30.3 Å². The maximum Gasteiger partial charge on any atom is 0.339 e. The zero-order chi connectivity index (χ0) is 13.0. The zero-order valence-electron chi connectivity index (χ0n) is 9.98. The van der Waals surface area contributed by atoms with Crippen LogP contribution in [0, 0.1) is 0 Å². The number of rotatable bonds is 4. The quantitative estimate of drug-likeness (QED) is 0.830. The summed E-state index contributed by atoms with van der Waals surface area (Å²) in [6.45, 7) is 1.93. The van der Waals surface area contributed by atoms with Crippen molar-refractivity contribution in [3.05, 3.63) is 48.3 Å². The Balaban J connectivity index is 2.18. The average Bonchev–Trinajstić information content (AvgIpc) is 2.89. The predicted molar refractivity (Wildman–Crippen MR) is 65.2 cm³/mol. The van der Waals surface area contributed by atoms with Gasteiger partial charge in [-0.15, -0.1) is 0 Å². The van der Waals surface area contributed by atoms with E-state index in [-0.39, 0.29) is 6.61 Å². The third-order valence-electron chi connectivity index (χ3n) is 2.45. The lowest BCUT2D eigenvalue weighted by Gasteiger charge is -2.06. The summed E-state index contributed by atoms with van der Waals surface area (Å²) in [6, 6.07) is 9.44. The van der Waals surface area contributed by atoms with Crippen LogP contribution in [0.3, 0.4) is 0 Å². The van der Waals surface area contributed by atoms with E-state index in [0.717, 1.165) is 5.69 Å². The van der Waals surface area contributed by atoms with Crippen molar-refractivity contribution in [2.75, 3.05) is 6.61 Å². The molecule has 94 valence electrons. The molecular formula is C13H14N2O3. The van der Waals surface area contributed by atoms with Crippen molar-refractivity contribution in [2.45, 2.75) is 13.0 Å². The molecule has 1 aromatic heterocycles. The van der Waals surface area contributed by atoms with Gasteiger partial charge < -0.3 is 9.84 Å². The van der Waals surface area contributed by atoms with Crippen LogP contribution in [-0.4, -0.2) is 27.5 Å². The Labute approximate surface area is 105 Å². The van der Waals surface area contributed by atoms with E-state index >= 15 is 0 Å². The van der Waals surface area contributed by atoms with Crippen molar-refractivity contribution in [1.29, 1.82) is 0 Å². The van der Waals surface area contributed by atoms with Gasteiger partial charge in [-0.1, -0.05) is 18.2 Å². The van der Waals surface area contributed by atoms with Gasteiger partial charge in [0.1, 0.15) is 0 Å². The Hall–Kier alpha value is -2.14. The minimum Gasteiger partial charge on any atom is -0.464 e. The molecule has 0 saturated heterocycles. The minimum absolute atomic E-state index is 0.239. The molecule has 0 saturated carbocycles. The lowest BCUT2D eigenvalue weighted by atomic mass is 10.2. The SMILES string of the molecule is CCOC(=O)C(O)c1cnn(-c2ccccc2)c1. The number of hydrogen-bond donors (Lipinski definition) is 1. The Morgan fingerprint density at radius 2 is 2.17 bits per heavy atom. The van der Waals surface area contributed by atoms with Gasteiger partial charge in [0.15, 0.2) is 6.10 Å². The summed E-state index contributed by atoms with van der Waals surface area (Å²) in [7, 11) is 0. The summed E-state index contributed by atoms with van der Waals surface area (Å²) in [5.74, 6) is -0.662. The van der Waals surface area contributed by atoms with Crippen LogP contribution in [0.15, 0.2) is 42.7 Å². The Bertz CT molecular complexity index is 522. The predicted octanol–water partition coefficient (Wildman–Crippen LogP) is 1.47. The topological polar surface area (TPSA) is 64.3 Å². The second kappa shape index (κ2) is 5.46. The molecule has 0 aliphatic rings. The molecule has 5 nitrogen and oxygen atoms in total. The van der Waals surface area contributed by atoms with E-state index in [9.17, 15) is 9.90 Å². The van der Waals surface area contributed by atoms with Crippen LogP contribution >= 0.6 is 0 Å². The lowest BCUT2D eigenvalue weighted by molar-refractivity contribution is -0.153. The monoisotopic (exact) mass is 246 g/mol. The van der Waals surface area contributed by atoms with Gasteiger partial charge >= 0.3 is 5.97 Å². The second-order valence-electron chi connectivity index (χ2n) is 3.71. The highest BCUT2D eigenvalue weighted by Gasteiger charge is 2.20. The number of aromatic nitrogens is 2. The summed E-state index contributed by atoms with van der Waals surface area (Å²) in [5, 5.41) is 13.9. The third kappa shape index (κ3) is 2.57. The van der Waals surface area contributed by atoms with Crippen LogP contribution in [0.2, 0.25) is 0 Å². The van der Waals surface area contributed by atoms with Gasteiger partial charge in [0.05, 0.1) is 18.5 Å². The van der Waals surface area contributed by atoms with Crippen molar-refractivity contribution in [2.24, 2.45) is 0 Å². The fraction of sp³-hybridized carbons (Fsp3) is 0.231. The first-order valence-electron chi connectivity index (χ1n) is 5.67. The van der Waals surface area contributed by atoms with Crippen LogP contribution < -0.4 is 0 Å². The smallest absolute Gasteiger partial charge is 0.339 e. The van der Waals surface area contributed by atoms with Gasteiger partial charge in [0.25, 0.3) is 0 Å². The number of nitrogens with zero attached hydrogens (tertiary/aromatic N) is 2. The summed E-state index contributed by atoms with van der Waals surface area (Å²) in [6.07, 6.45) is 1.77. The first-order valence-corrected chi connectivity index (χ1v) is 5.67. The molecule has 0 amide bonds. The van der Waals surface area contributed by atoms with Crippen LogP contribution in [0.25, 0.3) is 5.69 Å². The highest BCUT2D eigenvalue weighted by Crippen LogP contribution is 2.15. The van der Waals surface area contributed by atoms with Gasteiger partial charge in [-0.2, -0.15) is 5.10 Å². The standard InChI is InChI=1S/C13H14N2O3/c1-2-18-13(17)12(16)10-8-14-15(9-10)11-6-4-3-5-7-11/h3-9,12,16H,2H2,1H3. The first kappa shape index (κ1) is 12.3. The van der Waals surface area contributed by atoms with E-state index in [2.05, 4.69) is 5.10 Å². The number of carbonyl (C=O) groups excluding carboxylic acids is 1. The van der Waals surface area contributed by atoms with Crippen LogP contribution in [0.4, 0.5) is 0 Å². The molecule has 2 rings (SSSR count). The zero-order valence-corrected chi connectivity index (χ0v) is 9.98. The Morgan fingerprint density at radius 1 is 1.44 bits per heavy atom. The van der Waals surface area contributed by atoms with Gasteiger partial charge in [-0.25, -0.2) is 9.48 Å². The molecule has 0 aliphatic heterocycles. The van der Waals surface area contributed by atoms with Crippen molar-refractivity contribution in [1.82, 2.24) is 9.78 Å². The van der Waals surface area contributed by atoms with Crippen molar-refractivity contribution < 1.29 is 14.6 Å². The first-order chi connectivity index (χ1) is 8.72. The summed E-state index contributed by atoms with van der Waals surface area (Å²) in [4.78, 5) is 11.4. The third-order valence-corrected chi connectivity index (χ3v) is 2.45. The fourth-order valence-corrected chi connectivity index (χ4v) is 1.56. The summed E-state index contributed by atoms with van der Waals surface area (Å²) in [5.41, 5.74) is 1.28. The average molecular weight is 246 g/mol. The molecule has 1 N–H and O–H groups in total. The Morgan fingerprint density at radius 3 is 2.83 bits per heavy atom. The highest BCUT2D eigenvalue weighted by atomic mass is 16.5. The molecule has 5 heteroatoms. The van der Waals surface area contributed by atoms with Crippen molar-refractivity contribution >= 4 is 5.97 Å². The number of carbonyl (C=O) groups is 1. The van der Waals surface area contributed by atoms with Crippen molar-refractivity contribution in [3.63, 3.8) is 0 Å². The maximum atomic E-state index is 11.4. The molecule has 1 aromatic carbocycles. The summed E-state index contributed by atoms with van der Waals surface area (Å²) < 4.78 is 6.34. The number of para-hydroxylation sites is 1. The van der Waals surface area contributed by atoms with Gasteiger partial charge in [0.2, 0.25) is 0 Å². The van der Waals surface area contributed by atoms with Crippen LogP contribution in [-0.2, 0) is 9.53 Å². The van der Waals surface area contributed by atoms with Gasteiger partial charge in [0, 0.05) is 11.8 Å². The number of esters is 1. The molecule has 18 heavy (non-hydrogen) atoms. The van der Waals surface area contributed by atoms with Gasteiger partial charge in [-0.05, 0) is 19.1 Å². The number of aliphatic hydroxyl groups is 1. The minimum atomic E-state index is -1.29. The molecule has 0 bridgehead atoms. The second-order valence-corrected chi connectivity index (χ2v) is 3.71. The molecule has 1 unspecified atom stereocenters. The van der Waals surface area contributed by atoms with Crippen LogP contribution in [0.1, 0.15) is 18.6 Å². The molecule has 0 aliphatic carbocycles. The van der Waals surface area contributed by atoms with E-state index in [0.29, 0.717) is 5.56 Å². The van der Waals surface area contributed by atoms with E-state index in [1.54, 1.807) is 17.8 Å². The van der Waals surface area contributed by atoms with E-state index in [1.165, 1.54) is 6.20 Å². The van der Waals surface area contributed by atoms with E-state index < -0.39 is 12.1 Å². The maximum absolute atomic E-state index is 11.4. The molecule has 0 fully saturated rings. The fourth-order valence-electron chi connectivity index (χ4n) is 1.56.